The molecule has 0 bridgehead atoms. The van der Waals surface area contributed by atoms with Gasteiger partial charge in [0.2, 0.25) is 11.8 Å². The number of aromatic amines is 1. The number of anilines is 1. The van der Waals surface area contributed by atoms with Crippen LogP contribution in [0.2, 0.25) is 0 Å². The first-order valence-electron chi connectivity index (χ1n) is 6.23. The molecule has 1 atom stereocenters. The van der Waals surface area contributed by atoms with Crippen molar-refractivity contribution in [3.63, 3.8) is 0 Å². The fraction of sp³-hybridized carbons (Fsp3) is 0.308. The maximum Gasteiger partial charge on any atom is 0.228 e. The zero-order valence-corrected chi connectivity index (χ0v) is 10.3. The van der Waals surface area contributed by atoms with Crippen molar-refractivity contribution in [3.8, 4) is 0 Å². The van der Waals surface area contributed by atoms with Gasteiger partial charge in [-0.1, -0.05) is 0 Å². The highest BCUT2D eigenvalue weighted by Crippen LogP contribution is 2.19. The van der Waals surface area contributed by atoms with Crippen LogP contribution < -0.4 is 10.6 Å². The summed E-state index contributed by atoms with van der Waals surface area (Å²) in [6.07, 6.45) is 2.66. The van der Waals surface area contributed by atoms with E-state index in [2.05, 4.69) is 20.8 Å². The van der Waals surface area contributed by atoms with Gasteiger partial charge in [-0.3, -0.25) is 14.7 Å². The van der Waals surface area contributed by atoms with Crippen LogP contribution in [0, 0.1) is 5.92 Å². The molecule has 1 aliphatic rings. The van der Waals surface area contributed by atoms with Gasteiger partial charge in [-0.05, 0) is 24.6 Å². The van der Waals surface area contributed by atoms with Crippen molar-refractivity contribution in [1.29, 1.82) is 0 Å². The summed E-state index contributed by atoms with van der Waals surface area (Å²) in [5, 5.41) is 13.3. The van der Waals surface area contributed by atoms with Gasteiger partial charge in [-0.25, -0.2) is 0 Å². The number of nitrogens with zero attached hydrogens (tertiary/aromatic N) is 1. The molecule has 0 spiro atoms. The zero-order valence-electron chi connectivity index (χ0n) is 10.3. The molecule has 1 aromatic carbocycles. The van der Waals surface area contributed by atoms with E-state index in [1.165, 1.54) is 0 Å². The second-order valence-corrected chi connectivity index (χ2v) is 4.70. The summed E-state index contributed by atoms with van der Waals surface area (Å²) < 4.78 is 0. The van der Waals surface area contributed by atoms with E-state index in [1.54, 1.807) is 6.20 Å². The quantitative estimate of drug-likeness (QED) is 0.751. The van der Waals surface area contributed by atoms with E-state index in [-0.39, 0.29) is 24.2 Å². The van der Waals surface area contributed by atoms with Crippen molar-refractivity contribution in [2.45, 2.75) is 12.8 Å². The van der Waals surface area contributed by atoms with Gasteiger partial charge >= 0.3 is 0 Å². The fourth-order valence-electron chi connectivity index (χ4n) is 2.27. The summed E-state index contributed by atoms with van der Waals surface area (Å²) in [7, 11) is 0. The van der Waals surface area contributed by atoms with Gasteiger partial charge in [0.25, 0.3) is 0 Å². The molecule has 0 saturated carbocycles. The second kappa shape index (κ2) is 4.72. The largest absolute Gasteiger partial charge is 0.356 e. The molecular formula is C13H14N4O2. The lowest BCUT2D eigenvalue weighted by Gasteiger charge is -2.21. The van der Waals surface area contributed by atoms with Gasteiger partial charge in [-0.15, -0.1) is 0 Å². The highest BCUT2D eigenvalue weighted by atomic mass is 16.2. The van der Waals surface area contributed by atoms with E-state index >= 15 is 0 Å². The number of H-pyrrole nitrogens is 1. The predicted molar refractivity (Wildman–Crippen MR) is 70.5 cm³/mol. The third-order valence-electron chi connectivity index (χ3n) is 3.33. The number of hydrogen-bond donors (Lipinski definition) is 3. The van der Waals surface area contributed by atoms with Crippen molar-refractivity contribution < 1.29 is 9.59 Å². The Kier molecular flexibility index (Phi) is 2.91. The first kappa shape index (κ1) is 11.7. The van der Waals surface area contributed by atoms with Crippen LogP contribution in [-0.4, -0.2) is 28.6 Å². The number of rotatable bonds is 2. The van der Waals surface area contributed by atoms with Crippen LogP contribution in [0.15, 0.2) is 24.4 Å². The van der Waals surface area contributed by atoms with Crippen molar-refractivity contribution in [2.24, 2.45) is 5.92 Å². The molecule has 1 aromatic heterocycles. The molecule has 2 aromatic rings. The molecule has 6 nitrogen and oxygen atoms in total. The molecule has 19 heavy (non-hydrogen) atoms. The summed E-state index contributed by atoms with van der Waals surface area (Å²) in [5.74, 6) is -0.400. The lowest BCUT2D eigenvalue weighted by atomic mass is 9.96. The second-order valence-electron chi connectivity index (χ2n) is 4.70. The van der Waals surface area contributed by atoms with E-state index < -0.39 is 0 Å². The molecule has 2 amide bonds. The average molecular weight is 258 g/mol. The van der Waals surface area contributed by atoms with Gasteiger partial charge in [-0.2, -0.15) is 5.10 Å². The Morgan fingerprint density at radius 2 is 2.32 bits per heavy atom. The summed E-state index contributed by atoms with van der Waals surface area (Å²) in [4.78, 5) is 23.3. The van der Waals surface area contributed by atoms with Crippen molar-refractivity contribution in [2.75, 3.05) is 11.9 Å². The summed E-state index contributed by atoms with van der Waals surface area (Å²) in [5.41, 5.74) is 1.65. The lowest BCUT2D eigenvalue weighted by molar-refractivity contribution is -0.129. The molecule has 0 radical (unpaired) electrons. The Balaban J connectivity index is 1.72. The van der Waals surface area contributed by atoms with Crippen LogP contribution in [0.3, 0.4) is 0 Å². The normalized spacial score (nSPS) is 19.2. The third kappa shape index (κ3) is 2.42. The van der Waals surface area contributed by atoms with Gasteiger partial charge in [0, 0.05) is 30.0 Å². The van der Waals surface area contributed by atoms with Crippen molar-refractivity contribution >= 4 is 28.4 Å². The minimum absolute atomic E-state index is 0.0586. The van der Waals surface area contributed by atoms with Crippen molar-refractivity contribution in [3.05, 3.63) is 24.4 Å². The van der Waals surface area contributed by atoms with E-state index in [1.807, 2.05) is 18.2 Å². The summed E-state index contributed by atoms with van der Waals surface area (Å²) in [6, 6.07) is 5.55. The smallest absolute Gasteiger partial charge is 0.228 e. The number of piperidine rings is 1. The highest BCUT2D eigenvalue weighted by Gasteiger charge is 2.25. The Morgan fingerprint density at radius 1 is 1.42 bits per heavy atom. The molecule has 6 heteroatoms. The number of benzene rings is 1. The molecule has 1 aliphatic heterocycles. The van der Waals surface area contributed by atoms with Gasteiger partial charge in [0.05, 0.1) is 11.7 Å². The maximum absolute atomic E-state index is 12.1. The molecule has 3 rings (SSSR count). The fourth-order valence-corrected chi connectivity index (χ4v) is 2.27. The SMILES string of the molecule is O=C1CC(C(=O)Nc2ccc3[nH]ncc3c2)CCN1. The molecule has 1 unspecified atom stereocenters. The molecule has 0 aliphatic carbocycles. The van der Waals surface area contributed by atoms with Gasteiger partial charge in [0.15, 0.2) is 0 Å². The molecule has 98 valence electrons. The van der Waals surface area contributed by atoms with Crippen LogP contribution >= 0.6 is 0 Å². The van der Waals surface area contributed by atoms with E-state index in [4.69, 9.17) is 0 Å². The van der Waals surface area contributed by atoms with Crippen LogP contribution in [0.5, 0.6) is 0 Å². The third-order valence-corrected chi connectivity index (χ3v) is 3.33. The number of aromatic nitrogens is 2. The minimum Gasteiger partial charge on any atom is -0.356 e. The first-order valence-corrected chi connectivity index (χ1v) is 6.23. The van der Waals surface area contributed by atoms with Crippen LogP contribution in [0.4, 0.5) is 5.69 Å². The number of carbonyl (C=O) groups is 2. The number of amides is 2. The van der Waals surface area contributed by atoms with Crippen LogP contribution in [0.1, 0.15) is 12.8 Å². The summed E-state index contributed by atoms with van der Waals surface area (Å²) >= 11 is 0. The van der Waals surface area contributed by atoms with Gasteiger partial charge < -0.3 is 10.6 Å². The molecule has 2 heterocycles. The number of carbonyl (C=O) groups excluding carboxylic acids is 2. The van der Waals surface area contributed by atoms with Crippen LogP contribution in [0.25, 0.3) is 10.9 Å². The Morgan fingerprint density at radius 3 is 3.16 bits per heavy atom. The maximum atomic E-state index is 12.1. The minimum atomic E-state index is -0.242. The molecule has 1 fully saturated rings. The van der Waals surface area contributed by atoms with E-state index in [0.29, 0.717) is 13.0 Å². The van der Waals surface area contributed by atoms with Gasteiger partial charge in [0.1, 0.15) is 0 Å². The van der Waals surface area contributed by atoms with Crippen LogP contribution in [-0.2, 0) is 9.59 Å². The average Bonchev–Trinajstić information content (AvgIpc) is 2.86. The lowest BCUT2D eigenvalue weighted by Crippen LogP contribution is -2.38. The standard InChI is InChI=1S/C13H14N4O2/c18-12-6-8(3-4-14-12)13(19)16-10-1-2-11-9(5-10)7-15-17-11/h1-2,5,7-8H,3-4,6H2,(H,14,18)(H,15,17)(H,16,19). The highest BCUT2D eigenvalue weighted by molar-refractivity contribution is 5.97. The topological polar surface area (TPSA) is 86.9 Å². The Labute approximate surface area is 109 Å². The zero-order chi connectivity index (χ0) is 13.2. The predicted octanol–water partition coefficient (Wildman–Crippen LogP) is 1.03. The monoisotopic (exact) mass is 258 g/mol. The van der Waals surface area contributed by atoms with E-state index in [0.717, 1.165) is 16.6 Å². The molecular weight excluding hydrogens is 244 g/mol. The Hall–Kier alpha value is -2.37. The molecule has 3 N–H and O–H groups in total. The number of nitrogens with one attached hydrogen (secondary N) is 3. The number of hydrogen-bond acceptors (Lipinski definition) is 3. The Bertz CT molecular complexity index is 634. The first-order chi connectivity index (χ1) is 9.22. The summed E-state index contributed by atoms with van der Waals surface area (Å²) in [6.45, 7) is 0.567. The molecule has 1 saturated heterocycles. The van der Waals surface area contributed by atoms with E-state index in [9.17, 15) is 9.59 Å². The van der Waals surface area contributed by atoms with Crippen molar-refractivity contribution in [1.82, 2.24) is 15.5 Å². The number of fused-ring (bicyclic) bond motifs is 1.